The van der Waals surface area contributed by atoms with Gasteiger partial charge in [-0.1, -0.05) is 43.2 Å². The van der Waals surface area contributed by atoms with Gasteiger partial charge in [-0.2, -0.15) is 0 Å². The second-order valence-electron chi connectivity index (χ2n) is 6.94. The van der Waals surface area contributed by atoms with E-state index in [9.17, 15) is 17.8 Å². The van der Waals surface area contributed by atoms with E-state index in [0.717, 1.165) is 31.2 Å². The molecule has 4 N–H and O–H groups in total. The van der Waals surface area contributed by atoms with Crippen LogP contribution < -0.4 is 10.6 Å². The Hall–Kier alpha value is -1.45. The highest BCUT2D eigenvalue weighted by atomic mass is 32.2. The first-order valence-corrected chi connectivity index (χ1v) is 12.4. The van der Waals surface area contributed by atoms with Crippen LogP contribution in [-0.4, -0.2) is 48.4 Å². The second kappa shape index (κ2) is 10.4. The summed E-state index contributed by atoms with van der Waals surface area (Å²) in [5.41, 5.74) is 0.882. The van der Waals surface area contributed by atoms with Crippen molar-refractivity contribution in [2.75, 3.05) is 18.9 Å². The molecule has 0 spiro atoms. The minimum Gasteiger partial charge on any atom is -0.337 e. The number of hydrogen-bond donors (Lipinski definition) is 4. The lowest BCUT2D eigenvalue weighted by Gasteiger charge is -2.20. The zero-order valence-corrected chi connectivity index (χ0v) is 17.2. The minimum absolute atomic E-state index is 0.0365. The van der Waals surface area contributed by atoms with Crippen molar-refractivity contribution in [3.63, 3.8) is 0 Å². The number of phosphoric acid groups is 1. The van der Waals surface area contributed by atoms with Gasteiger partial charge in [0.1, 0.15) is 5.25 Å². The van der Waals surface area contributed by atoms with Gasteiger partial charge in [0.15, 0.2) is 9.84 Å². The zero-order valence-electron chi connectivity index (χ0n) is 15.5. The molecule has 1 saturated carbocycles. The average Bonchev–Trinajstić information content (AvgIpc) is 3.11. The molecular weight excluding hydrogens is 407 g/mol. The topological polar surface area (TPSA) is 142 Å². The maximum atomic E-state index is 12.7. The van der Waals surface area contributed by atoms with E-state index in [4.69, 9.17) is 9.79 Å². The van der Waals surface area contributed by atoms with Crippen molar-refractivity contribution in [2.24, 2.45) is 5.92 Å². The molecule has 1 aliphatic carbocycles. The standard InChI is InChI=1S/C17H27N2O7PS/c20-17(18-10-14-6-2-1-3-7-14)19-11-16(12-26-27(21,22)23)28(24,25)13-15-8-4-5-9-15/h1-3,6-7,15-16H,4-5,8-13H2,(H2,18,19,20)(H2,21,22,23). The van der Waals surface area contributed by atoms with E-state index >= 15 is 0 Å². The number of carbonyl (C=O) groups excluding carboxylic acids is 1. The lowest BCUT2D eigenvalue weighted by atomic mass is 10.1. The number of benzene rings is 1. The summed E-state index contributed by atoms with van der Waals surface area (Å²) in [4.78, 5) is 29.8. The Labute approximate surface area is 165 Å². The average molecular weight is 434 g/mol. The third-order valence-corrected chi connectivity index (χ3v) is 7.41. The van der Waals surface area contributed by atoms with E-state index in [-0.39, 0.29) is 24.8 Å². The van der Waals surface area contributed by atoms with Crippen LogP contribution in [0.1, 0.15) is 31.2 Å². The molecule has 1 aromatic rings. The first-order chi connectivity index (χ1) is 13.2. The van der Waals surface area contributed by atoms with Crippen LogP contribution in [0.5, 0.6) is 0 Å². The number of rotatable bonds is 10. The van der Waals surface area contributed by atoms with Gasteiger partial charge in [-0.3, -0.25) is 4.52 Å². The van der Waals surface area contributed by atoms with Crippen LogP contribution in [0.4, 0.5) is 4.79 Å². The molecule has 1 atom stereocenters. The summed E-state index contributed by atoms with van der Waals surface area (Å²) in [6.07, 6.45) is 3.58. The van der Waals surface area contributed by atoms with E-state index in [0.29, 0.717) is 0 Å². The Morgan fingerprint density at radius 3 is 2.43 bits per heavy atom. The van der Waals surface area contributed by atoms with Crippen molar-refractivity contribution in [1.82, 2.24) is 10.6 Å². The largest absolute Gasteiger partial charge is 0.469 e. The SMILES string of the molecule is O=C(NCc1ccccc1)NCC(COP(=O)(O)O)S(=O)(=O)CC1CCCC1. The third kappa shape index (κ3) is 8.28. The van der Waals surface area contributed by atoms with Crippen molar-refractivity contribution in [3.05, 3.63) is 35.9 Å². The predicted molar refractivity (Wildman–Crippen MR) is 104 cm³/mol. The summed E-state index contributed by atoms with van der Waals surface area (Å²) in [6.45, 7) is -0.709. The second-order valence-corrected chi connectivity index (χ2v) is 10.5. The van der Waals surface area contributed by atoms with Crippen LogP contribution in [0.25, 0.3) is 0 Å². The number of urea groups is 1. The smallest absolute Gasteiger partial charge is 0.337 e. The van der Waals surface area contributed by atoms with Gasteiger partial charge >= 0.3 is 13.9 Å². The van der Waals surface area contributed by atoms with Gasteiger partial charge in [0.05, 0.1) is 12.4 Å². The van der Waals surface area contributed by atoms with Crippen LogP contribution in [0.3, 0.4) is 0 Å². The number of amides is 2. The fourth-order valence-corrected chi connectivity index (χ4v) is 5.51. The third-order valence-electron chi connectivity index (χ3n) is 4.67. The Morgan fingerprint density at radius 2 is 1.82 bits per heavy atom. The molecular formula is C17H27N2O7PS. The Bertz CT molecular complexity index is 776. The first kappa shape index (κ1) is 22.8. The molecule has 1 aliphatic rings. The van der Waals surface area contributed by atoms with E-state index in [2.05, 4.69) is 15.2 Å². The summed E-state index contributed by atoms with van der Waals surface area (Å²) in [6, 6.07) is 8.62. The quantitative estimate of drug-likeness (QED) is 0.410. The van der Waals surface area contributed by atoms with Crippen LogP contribution in [0.15, 0.2) is 30.3 Å². The number of carbonyl (C=O) groups is 1. The fraction of sp³-hybridized carbons (Fsp3) is 0.588. The van der Waals surface area contributed by atoms with Crippen molar-refractivity contribution in [1.29, 1.82) is 0 Å². The van der Waals surface area contributed by atoms with Crippen molar-refractivity contribution in [2.45, 2.75) is 37.5 Å². The van der Waals surface area contributed by atoms with Gasteiger partial charge in [0, 0.05) is 13.1 Å². The van der Waals surface area contributed by atoms with Gasteiger partial charge in [-0.05, 0) is 24.3 Å². The molecule has 9 nitrogen and oxygen atoms in total. The molecule has 1 fully saturated rings. The summed E-state index contributed by atoms with van der Waals surface area (Å²) in [5.74, 6) is -0.0374. The number of sulfone groups is 1. The molecule has 0 saturated heterocycles. The Kier molecular flexibility index (Phi) is 8.45. The van der Waals surface area contributed by atoms with Crippen molar-refractivity contribution < 1.29 is 32.1 Å². The van der Waals surface area contributed by atoms with Gasteiger partial charge in [0.25, 0.3) is 0 Å². The van der Waals surface area contributed by atoms with E-state index in [1.165, 1.54) is 0 Å². The summed E-state index contributed by atoms with van der Waals surface area (Å²) < 4.78 is 40.8. The maximum Gasteiger partial charge on any atom is 0.469 e. The summed E-state index contributed by atoms with van der Waals surface area (Å²) in [5, 5.41) is 3.84. The fourth-order valence-electron chi connectivity index (χ4n) is 3.16. The summed E-state index contributed by atoms with van der Waals surface area (Å²) in [7, 11) is -8.52. The lowest BCUT2D eigenvalue weighted by Crippen LogP contribution is -2.44. The highest BCUT2D eigenvalue weighted by Crippen LogP contribution is 2.36. The normalized spacial score (nSPS) is 16.6. The van der Waals surface area contributed by atoms with Crippen LogP contribution in [0, 0.1) is 5.92 Å². The number of phosphoric ester groups is 1. The number of hydrogen-bond acceptors (Lipinski definition) is 5. The van der Waals surface area contributed by atoms with Crippen LogP contribution in [0.2, 0.25) is 0 Å². The van der Waals surface area contributed by atoms with Crippen molar-refractivity contribution in [3.8, 4) is 0 Å². The van der Waals surface area contributed by atoms with Crippen LogP contribution in [-0.2, 0) is 25.5 Å². The molecule has 1 aromatic carbocycles. The minimum atomic E-state index is -4.82. The molecule has 2 rings (SSSR count). The lowest BCUT2D eigenvalue weighted by molar-refractivity contribution is 0.195. The molecule has 28 heavy (non-hydrogen) atoms. The highest BCUT2D eigenvalue weighted by Gasteiger charge is 2.32. The maximum absolute atomic E-state index is 12.7. The number of nitrogens with one attached hydrogen (secondary N) is 2. The van der Waals surface area contributed by atoms with E-state index in [1.807, 2.05) is 30.3 Å². The molecule has 1 unspecified atom stereocenters. The van der Waals surface area contributed by atoms with E-state index < -0.39 is 35.5 Å². The van der Waals surface area contributed by atoms with Gasteiger partial charge in [-0.15, -0.1) is 0 Å². The Balaban J connectivity index is 1.92. The van der Waals surface area contributed by atoms with Gasteiger partial charge < -0.3 is 20.4 Å². The Morgan fingerprint density at radius 1 is 1.18 bits per heavy atom. The summed E-state index contributed by atoms with van der Waals surface area (Å²) >= 11 is 0. The molecule has 158 valence electrons. The zero-order chi connectivity index (χ0) is 20.6. The molecule has 2 amide bonds. The van der Waals surface area contributed by atoms with Crippen LogP contribution >= 0.6 is 7.82 Å². The van der Waals surface area contributed by atoms with Gasteiger partial charge in [-0.25, -0.2) is 17.8 Å². The molecule has 0 aromatic heterocycles. The molecule has 0 aliphatic heterocycles. The molecule has 0 radical (unpaired) electrons. The monoisotopic (exact) mass is 434 g/mol. The molecule has 0 bridgehead atoms. The predicted octanol–water partition coefficient (Wildman–Crippen LogP) is 1.57. The first-order valence-electron chi connectivity index (χ1n) is 9.13. The van der Waals surface area contributed by atoms with Crippen molar-refractivity contribution >= 4 is 23.7 Å². The van der Waals surface area contributed by atoms with E-state index in [1.54, 1.807) is 0 Å². The molecule has 0 heterocycles. The highest BCUT2D eigenvalue weighted by molar-refractivity contribution is 7.92. The van der Waals surface area contributed by atoms with Gasteiger partial charge in [0.2, 0.25) is 0 Å². The molecule has 11 heteroatoms.